The number of aryl methyl sites for hydroxylation is 1. The summed E-state index contributed by atoms with van der Waals surface area (Å²) < 4.78 is 97.9. The maximum absolute atomic E-state index is 13.3. The van der Waals surface area contributed by atoms with Gasteiger partial charge in [0.2, 0.25) is 5.91 Å². The van der Waals surface area contributed by atoms with Crippen LogP contribution in [-0.4, -0.2) is 92.0 Å². The molecule has 3 heterocycles. The summed E-state index contributed by atoms with van der Waals surface area (Å²) in [5.41, 5.74) is 2.86. The molecule has 4 N–H and O–H groups in total. The first-order valence-corrected chi connectivity index (χ1v) is 28.6. The van der Waals surface area contributed by atoms with E-state index in [1.54, 1.807) is 65.0 Å². The van der Waals surface area contributed by atoms with E-state index in [0.717, 1.165) is 53.0 Å². The summed E-state index contributed by atoms with van der Waals surface area (Å²) in [5.74, 6) is -3.58. The highest BCUT2D eigenvalue weighted by atomic mass is 79.9. The van der Waals surface area contributed by atoms with Crippen molar-refractivity contribution >= 4 is 119 Å². The highest BCUT2D eigenvalue weighted by Gasteiger charge is 2.34. The topological polar surface area (TPSA) is 218 Å². The molecule has 16 nitrogen and oxygen atoms in total. The van der Waals surface area contributed by atoms with Gasteiger partial charge in [-0.25, -0.2) is 0 Å². The number of aromatic nitrogens is 3. The molecule has 0 aliphatic carbocycles. The third-order valence-electron chi connectivity index (χ3n) is 14.4. The van der Waals surface area contributed by atoms with Gasteiger partial charge in [-0.3, -0.25) is 42.5 Å². The molecule has 0 bridgehead atoms. The van der Waals surface area contributed by atoms with Crippen LogP contribution in [0.2, 0.25) is 15.1 Å². The molecule has 6 aromatic carbocycles. The number of carbonyl (C=O) groups excluding carboxylic acids is 5. The lowest BCUT2D eigenvalue weighted by Crippen LogP contribution is -2.28. The first kappa shape index (κ1) is 68.1. The summed E-state index contributed by atoms with van der Waals surface area (Å²) in [4.78, 5) is 75.3. The molecule has 9 rings (SSSR count). The molecule has 26 heteroatoms. The number of benzene rings is 6. The molecule has 0 aliphatic rings. The Labute approximate surface area is 527 Å². The van der Waals surface area contributed by atoms with E-state index in [-0.39, 0.29) is 75.5 Å². The van der Waals surface area contributed by atoms with Crippen LogP contribution in [0.4, 0.5) is 26.3 Å². The summed E-state index contributed by atoms with van der Waals surface area (Å²) in [5, 5.41) is 33.3. The van der Waals surface area contributed by atoms with E-state index in [1.807, 2.05) is 0 Å². The van der Waals surface area contributed by atoms with Gasteiger partial charge in [-0.2, -0.15) is 26.3 Å². The summed E-state index contributed by atoms with van der Waals surface area (Å²) >= 11 is 22.0. The van der Waals surface area contributed by atoms with E-state index in [9.17, 15) is 65.3 Å². The van der Waals surface area contributed by atoms with Gasteiger partial charge in [0.05, 0.1) is 87.0 Å². The smallest absolute Gasteiger partial charge is 0.416 e. The molecule has 0 saturated carbocycles. The molecule has 1 amide bonds. The lowest BCUT2D eigenvalue weighted by molar-refractivity contribution is -0.139. The molecule has 0 aliphatic heterocycles. The van der Waals surface area contributed by atoms with Gasteiger partial charge in [-0.05, 0) is 148 Å². The van der Waals surface area contributed by atoms with E-state index in [2.05, 4.69) is 21.2 Å². The number of aliphatic hydroxyl groups is 1. The zero-order valence-corrected chi connectivity index (χ0v) is 52.2. The molecule has 1 unspecified atom stereocenters. The van der Waals surface area contributed by atoms with Crippen LogP contribution in [-0.2, 0) is 33.2 Å². The van der Waals surface area contributed by atoms with Crippen molar-refractivity contribution in [2.45, 2.75) is 72.7 Å². The van der Waals surface area contributed by atoms with Gasteiger partial charge in [-0.15, -0.1) is 0 Å². The fraction of sp³-hybridized carbons (Fsp3) is 0.238. The van der Waals surface area contributed by atoms with Crippen LogP contribution >= 0.6 is 50.7 Å². The Morgan fingerprint density at radius 2 is 1.10 bits per heavy atom. The number of phenols is 1. The van der Waals surface area contributed by atoms with Crippen molar-refractivity contribution in [2.24, 2.45) is 0 Å². The lowest BCUT2D eigenvalue weighted by atomic mass is 9.94. The number of aliphatic carboxylic acids is 1. The summed E-state index contributed by atoms with van der Waals surface area (Å²) in [6.45, 7) is 9.54. The van der Waals surface area contributed by atoms with Crippen LogP contribution in [0.1, 0.15) is 102 Å². The Bertz CT molecular complexity index is 4260. The number of carboxylic acid groups (broad SMARTS) is 1. The van der Waals surface area contributed by atoms with Crippen LogP contribution in [0.15, 0.2) is 108 Å². The number of carbonyl (C=O) groups is 6. The van der Waals surface area contributed by atoms with Gasteiger partial charge in [0.1, 0.15) is 17.2 Å². The van der Waals surface area contributed by atoms with Gasteiger partial charge < -0.3 is 34.8 Å². The number of aliphatic hydroxyl groups excluding tert-OH is 1. The average Bonchev–Trinajstić information content (AvgIpc) is 1.63. The van der Waals surface area contributed by atoms with Gasteiger partial charge in [0.25, 0.3) is 17.7 Å². The summed E-state index contributed by atoms with van der Waals surface area (Å²) in [6, 6.07) is 22.2. The van der Waals surface area contributed by atoms with Crippen molar-refractivity contribution in [3.63, 3.8) is 0 Å². The van der Waals surface area contributed by atoms with E-state index >= 15 is 0 Å². The van der Waals surface area contributed by atoms with Crippen molar-refractivity contribution in [1.82, 2.24) is 19.0 Å². The maximum atomic E-state index is 13.3. The van der Waals surface area contributed by atoms with Crippen LogP contribution < -0.4 is 19.5 Å². The third-order valence-corrected chi connectivity index (χ3v) is 15.8. The first-order valence-electron chi connectivity index (χ1n) is 26.6. The lowest BCUT2D eigenvalue weighted by Gasteiger charge is -2.12. The van der Waals surface area contributed by atoms with Gasteiger partial charge >= 0.3 is 24.3 Å². The summed E-state index contributed by atoms with van der Waals surface area (Å²) in [7, 11) is 2.85. The molecule has 0 fully saturated rings. The SMILES string of the molecule is CCC(C(=O)O)c1c(C)n(C(=O)c2ccc(C(F)(F)F)cc2)c2cc(Cl)c(OC)cc12.COc1c(Cl)cc2c(c1C)c(OC(C)=O)c(C)n2C(=O)c1ccc(C(F)(F)F)cc1.Cc1c(CC(=O)NCCO)c2cc(O)c(Cl)cc2n1C(=O)c1ccc(Br)cc1. The quantitative estimate of drug-likeness (QED) is 0.0626. The Kier molecular flexibility index (Phi) is 21.1. The molecular formula is C63H54BrCl3F6N4O12. The molecular weight excluding hydrogens is 1300 g/mol. The molecule has 9 aromatic rings. The molecule has 1 atom stereocenters. The number of rotatable bonds is 13. The van der Waals surface area contributed by atoms with Crippen molar-refractivity contribution in [1.29, 1.82) is 0 Å². The first-order chi connectivity index (χ1) is 41.8. The number of ether oxygens (including phenoxy) is 3. The second kappa shape index (κ2) is 27.6. The second-order valence-electron chi connectivity index (χ2n) is 19.9. The van der Waals surface area contributed by atoms with Crippen LogP contribution in [0.25, 0.3) is 32.7 Å². The van der Waals surface area contributed by atoms with E-state index in [4.69, 9.17) is 54.1 Å². The Hall–Kier alpha value is -8.35. The zero-order valence-electron chi connectivity index (χ0n) is 48.4. The highest BCUT2D eigenvalue weighted by Crippen LogP contribution is 2.44. The zero-order chi connectivity index (χ0) is 65.9. The van der Waals surface area contributed by atoms with Gasteiger partial charge in [0.15, 0.2) is 5.75 Å². The Morgan fingerprint density at radius 3 is 1.56 bits per heavy atom. The normalized spacial score (nSPS) is 11.8. The molecule has 3 aromatic heterocycles. The van der Waals surface area contributed by atoms with Crippen molar-refractivity contribution < 1.29 is 84.6 Å². The van der Waals surface area contributed by atoms with Crippen molar-refractivity contribution in [3.8, 4) is 23.0 Å². The minimum atomic E-state index is -4.52. The summed E-state index contributed by atoms with van der Waals surface area (Å²) in [6.07, 6.45) is -8.76. The monoisotopic (exact) mass is 1360 g/mol. The molecule has 0 spiro atoms. The van der Waals surface area contributed by atoms with E-state index in [0.29, 0.717) is 83.5 Å². The number of esters is 1. The number of methoxy groups -OCH3 is 2. The molecule has 0 saturated heterocycles. The number of phenolic OH excluding ortho intramolecular Hbond substituents is 1. The number of aromatic hydroxyl groups is 1. The third kappa shape index (κ3) is 14.2. The van der Waals surface area contributed by atoms with Crippen molar-refractivity contribution in [3.05, 3.63) is 184 Å². The van der Waals surface area contributed by atoms with E-state index < -0.39 is 53.2 Å². The predicted octanol–water partition coefficient (Wildman–Crippen LogP) is 14.9. The average molecular weight is 1360 g/mol. The maximum Gasteiger partial charge on any atom is 0.416 e. The highest BCUT2D eigenvalue weighted by molar-refractivity contribution is 9.10. The number of amides is 1. The van der Waals surface area contributed by atoms with Crippen LogP contribution in [0.5, 0.6) is 23.0 Å². The standard InChI is InChI=1S/C22H19ClF3NO4.C21H17ClF3NO4.C20H18BrClN2O4/c1-4-14(21(29)30)19-11(2)27(17-10-16(23)18(31-3)9-15(17)19)20(28)12-5-7-13(8-6-12)22(24,25)26;1-10-17-16(9-15(22)18(10)29-4)26(11(2)19(17)30-12(3)27)20(28)13-5-7-14(8-6-13)21(23,24)25;1-11-14(9-19(27)23-6-7-25)15-8-18(26)16(22)10-17(15)24(11)20(28)12-2-4-13(21)5-3-12/h5-10,14H,4H2,1-3H3,(H,29,30);5-9H,1-4H3;2-5,8,10,25-26H,6-7,9H2,1H3,(H,23,27). The number of fused-ring (bicyclic) bond motifs is 3. The minimum Gasteiger partial charge on any atom is -0.506 e. The van der Waals surface area contributed by atoms with Crippen molar-refractivity contribution in [2.75, 3.05) is 27.4 Å². The number of nitrogens with one attached hydrogen (secondary N) is 1. The molecule has 89 heavy (non-hydrogen) atoms. The van der Waals surface area contributed by atoms with Crippen LogP contribution in [0.3, 0.4) is 0 Å². The number of carboxylic acids is 1. The Morgan fingerprint density at radius 1 is 0.629 bits per heavy atom. The number of alkyl halides is 6. The number of halogens is 10. The predicted molar refractivity (Wildman–Crippen MR) is 327 cm³/mol. The molecule has 0 radical (unpaired) electrons. The van der Waals surface area contributed by atoms with Gasteiger partial charge in [-0.1, -0.05) is 57.7 Å². The number of hydrogen-bond acceptors (Lipinski definition) is 11. The number of hydrogen-bond donors (Lipinski definition) is 4. The van der Waals surface area contributed by atoms with Crippen LogP contribution in [0, 0.1) is 27.7 Å². The largest absolute Gasteiger partial charge is 0.506 e. The fourth-order valence-corrected chi connectivity index (χ4v) is 11.2. The van der Waals surface area contributed by atoms with E-state index in [1.165, 1.54) is 59.1 Å². The van der Waals surface area contributed by atoms with Gasteiger partial charge in [0, 0.05) is 62.4 Å². The second-order valence-corrected chi connectivity index (χ2v) is 22.1. The number of nitrogens with zero attached hydrogens (tertiary/aromatic N) is 3. The minimum absolute atomic E-state index is 0.00399. The molecule has 468 valence electrons. The fourth-order valence-electron chi connectivity index (χ4n) is 10.2. The Balaban J connectivity index is 0.000000190.